The van der Waals surface area contributed by atoms with Gasteiger partial charge in [0.2, 0.25) is 0 Å². The highest BCUT2D eigenvalue weighted by atomic mass is 79.9. The van der Waals surface area contributed by atoms with E-state index in [1.54, 1.807) is 6.07 Å². The fourth-order valence-corrected chi connectivity index (χ4v) is 2.89. The van der Waals surface area contributed by atoms with Gasteiger partial charge in [0.1, 0.15) is 11.5 Å². The van der Waals surface area contributed by atoms with Crippen LogP contribution in [0, 0.1) is 13.8 Å². The summed E-state index contributed by atoms with van der Waals surface area (Å²) in [4.78, 5) is 12.3. The van der Waals surface area contributed by atoms with Gasteiger partial charge >= 0.3 is 0 Å². The highest BCUT2D eigenvalue weighted by Crippen LogP contribution is 2.24. The van der Waals surface area contributed by atoms with Crippen LogP contribution in [0.3, 0.4) is 0 Å². The van der Waals surface area contributed by atoms with E-state index in [2.05, 4.69) is 37.2 Å². The van der Waals surface area contributed by atoms with E-state index in [-0.39, 0.29) is 11.9 Å². The van der Waals surface area contributed by atoms with Crippen LogP contribution in [-0.2, 0) is 0 Å². The number of carbonyl (C=O) groups excluding carboxylic acids is 1. The zero-order chi connectivity index (χ0) is 14.9. The molecule has 1 amide bonds. The van der Waals surface area contributed by atoms with Crippen LogP contribution in [0.5, 0.6) is 0 Å². The molecule has 0 radical (unpaired) electrons. The number of hydrogen-bond acceptors (Lipinski definition) is 2. The van der Waals surface area contributed by atoms with Gasteiger partial charge in [-0.3, -0.25) is 4.79 Å². The van der Waals surface area contributed by atoms with Crippen molar-refractivity contribution in [1.29, 1.82) is 0 Å². The Morgan fingerprint density at radius 2 is 1.95 bits per heavy atom. The third kappa shape index (κ3) is 3.33. The Bertz CT molecular complexity index is 649. The predicted octanol–water partition coefficient (Wildman–Crippen LogP) is 4.91. The third-order valence-corrected chi connectivity index (χ3v) is 4.25. The van der Waals surface area contributed by atoms with E-state index in [1.807, 2.05) is 39.0 Å². The molecular formula is C15H15Br2NO2. The van der Waals surface area contributed by atoms with Gasteiger partial charge in [-0.25, -0.2) is 0 Å². The van der Waals surface area contributed by atoms with Gasteiger partial charge in [-0.15, -0.1) is 0 Å². The molecule has 2 aromatic rings. The molecule has 0 aliphatic carbocycles. The first-order chi connectivity index (χ1) is 9.38. The smallest absolute Gasteiger partial charge is 0.252 e. The molecule has 0 fully saturated rings. The Morgan fingerprint density at radius 1 is 1.25 bits per heavy atom. The van der Waals surface area contributed by atoms with E-state index in [0.717, 1.165) is 26.0 Å². The van der Waals surface area contributed by atoms with Gasteiger partial charge in [-0.2, -0.15) is 0 Å². The molecule has 3 nitrogen and oxygen atoms in total. The molecule has 1 heterocycles. The number of carbonyl (C=O) groups is 1. The first-order valence-corrected chi connectivity index (χ1v) is 7.80. The Kier molecular flexibility index (Phi) is 4.70. The molecule has 5 heteroatoms. The van der Waals surface area contributed by atoms with Gasteiger partial charge in [0.15, 0.2) is 0 Å². The van der Waals surface area contributed by atoms with E-state index in [9.17, 15) is 4.79 Å². The molecule has 1 atom stereocenters. The summed E-state index contributed by atoms with van der Waals surface area (Å²) in [5, 5.41) is 2.98. The minimum Gasteiger partial charge on any atom is -0.466 e. The van der Waals surface area contributed by atoms with E-state index < -0.39 is 0 Å². The molecule has 2 rings (SSSR count). The molecule has 1 aromatic heterocycles. The van der Waals surface area contributed by atoms with Crippen molar-refractivity contribution in [2.24, 2.45) is 0 Å². The lowest BCUT2D eigenvalue weighted by Gasteiger charge is -2.14. The number of nitrogens with one attached hydrogen (secondary N) is 1. The summed E-state index contributed by atoms with van der Waals surface area (Å²) in [6.45, 7) is 5.75. The van der Waals surface area contributed by atoms with Gasteiger partial charge in [0.25, 0.3) is 5.91 Å². The van der Waals surface area contributed by atoms with Gasteiger partial charge in [-0.05, 0) is 61.0 Å². The SMILES string of the molecule is Cc1cc(C(C)NC(=O)c2cc(Br)ccc2Br)c(C)o1. The summed E-state index contributed by atoms with van der Waals surface area (Å²) in [6, 6.07) is 7.37. The maximum absolute atomic E-state index is 12.3. The van der Waals surface area contributed by atoms with Crippen LogP contribution in [0.25, 0.3) is 0 Å². The van der Waals surface area contributed by atoms with Crippen molar-refractivity contribution in [3.05, 3.63) is 55.9 Å². The van der Waals surface area contributed by atoms with Crippen LogP contribution >= 0.6 is 31.9 Å². The first kappa shape index (κ1) is 15.3. The Balaban J connectivity index is 2.19. The summed E-state index contributed by atoms with van der Waals surface area (Å²) >= 11 is 6.77. The van der Waals surface area contributed by atoms with Crippen molar-refractivity contribution in [3.63, 3.8) is 0 Å². The zero-order valence-corrected chi connectivity index (χ0v) is 14.6. The molecule has 20 heavy (non-hydrogen) atoms. The third-order valence-electron chi connectivity index (χ3n) is 3.07. The lowest BCUT2D eigenvalue weighted by molar-refractivity contribution is 0.0939. The molecule has 1 aromatic carbocycles. The molecule has 1 N–H and O–H groups in total. The van der Waals surface area contributed by atoms with Crippen molar-refractivity contribution in [1.82, 2.24) is 5.32 Å². The standard InChI is InChI=1S/C15H15Br2NO2/c1-8-6-12(10(3)20-8)9(2)18-15(19)13-7-11(16)4-5-14(13)17/h4-7,9H,1-3H3,(H,18,19). The number of amides is 1. The second-order valence-corrected chi connectivity index (χ2v) is 6.46. The van der Waals surface area contributed by atoms with Crippen LogP contribution in [0.1, 0.15) is 40.4 Å². The minimum absolute atomic E-state index is 0.106. The van der Waals surface area contributed by atoms with E-state index in [0.29, 0.717) is 5.56 Å². The van der Waals surface area contributed by atoms with Crippen molar-refractivity contribution >= 4 is 37.8 Å². The lowest BCUT2D eigenvalue weighted by atomic mass is 10.1. The molecule has 0 spiro atoms. The van der Waals surface area contributed by atoms with Crippen molar-refractivity contribution in [2.45, 2.75) is 26.8 Å². The van der Waals surface area contributed by atoms with Crippen LogP contribution in [0.15, 0.2) is 37.6 Å². The average Bonchev–Trinajstić information content (AvgIpc) is 2.71. The van der Waals surface area contributed by atoms with Crippen LogP contribution < -0.4 is 5.32 Å². The second-order valence-electron chi connectivity index (χ2n) is 4.69. The summed E-state index contributed by atoms with van der Waals surface area (Å²) < 4.78 is 7.14. The molecule has 0 saturated carbocycles. The molecule has 0 aliphatic heterocycles. The van der Waals surface area contributed by atoms with Crippen LogP contribution in [-0.4, -0.2) is 5.91 Å². The number of rotatable bonds is 3. The highest BCUT2D eigenvalue weighted by molar-refractivity contribution is 9.11. The van der Waals surface area contributed by atoms with Crippen LogP contribution in [0.4, 0.5) is 0 Å². The molecule has 0 aliphatic rings. The number of halogens is 2. The summed E-state index contributed by atoms with van der Waals surface area (Å²) in [5.41, 5.74) is 1.60. The largest absolute Gasteiger partial charge is 0.466 e. The fraction of sp³-hybridized carbons (Fsp3) is 0.267. The molecular weight excluding hydrogens is 386 g/mol. The zero-order valence-electron chi connectivity index (χ0n) is 11.5. The first-order valence-electron chi connectivity index (χ1n) is 6.21. The summed E-state index contributed by atoms with van der Waals surface area (Å²) in [5.74, 6) is 1.56. The van der Waals surface area contributed by atoms with Crippen LogP contribution in [0.2, 0.25) is 0 Å². The fourth-order valence-electron chi connectivity index (χ4n) is 2.10. The summed E-state index contributed by atoms with van der Waals surface area (Å²) in [7, 11) is 0. The average molecular weight is 401 g/mol. The molecule has 0 saturated heterocycles. The number of furan rings is 1. The second kappa shape index (κ2) is 6.14. The molecule has 0 bridgehead atoms. The number of benzene rings is 1. The quantitative estimate of drug-likeness (QED) is 0.794. The van der Waals surface area contributed by atoms with E-state index >= 15 is 0 Å². The van der Waals surface area contributed by atoms with Crippen molar-refractivity contribution in [2.75, 3.05) is 0 Å². The Hall–Kier alpha value is -1.07. The van der Waals surface area contributed by atoms with Gasteiger partial charge in [-0.1, -0.05) is 15.9 Å². The van der Waals surface area contributed by atoms with E-state index in [1.165, 1.54) is 0 Å². The van der Waals surface area contributed by atoms with Gasteiger partial charge in [0.05, 0.1) is 11.6 Å². The Morgan fingerprint density at radius 3 is 2.55 bits per heavy atom. The maximum Gasteiger partial charge on any atom is 0.252 e. The van der Waals surface area contributed by atoms with Gasteiger partial charge in [0, 0.05) is 14.5 Å². The number of hydrogen-bond donors (Lipinski definition) is 1. The monoisotopic (exact) mass is 399 g/mol. The predicted molar refractivity (Wildman–Crippen MR) is 85.9 cm³/mol. The highest BCUT2D eigenvalue weighted by Gasteiger charge is 2.17. The number of aryl methyl sites for hydroxylation is 2. The Labute approximate surface area is 135 Å². The normalized spacial score (nSPS) is 12.2. The molecule has 106 valence electrons. The lowest BCUT2D eigenvalue weighted by Crippen LogP contribution is -2.27. The summed E-state index contributed by atoms with van der Waals surface area (Å²) in [6.07, 6.45) is 0. The minimum atomic E-state index is -0.121. The van der Waals surface area contributed by atoms with Crippen molar-refractivity contribution in [3.8, 4) is 0 Å². The van der Waals surface area contributed by atoms with Crippen molar-refractivity contribution < 1.29 is 9.21 Å². The maximum atomic E-state index is 12.3. The van der Waals surface area contributed by atoms with Gasteiger partial charge < -0.3 is 9.73 Å². The topological polar surface area (TPSA) is 42.2 Å². The molecule has 1 unspecified atom stereocenters. The van der Waals surface area contributed by atoms with E-state index in [4.69, 9.17) is 4.42 Å².